The fourth-order valence-electron chi connectivity index (χ4n) is 16.4. The third kappa shape index (κ3) is 53.0. The van der Waals surface area contributed by atoms with Crippen LogP contribution >= 0.6 is 0 Å². The second kappa shape index (κ2) is 71.1. The Balaban J connectivity index is 0.00000140. The molecule has 0 spiro atoms. The summed E-state index contributed by atoms with van der Waals surface area (Å²) in [5.41, 5.74) is 23.6. The number of aliphatic hydroxyl groups is 4. The predicted molar refractivity (Wildman–Crippen MR) is 532 cm³/mol. The van der Waals surface area contributed by atoms with Gasteiger partial charge in [-0.15, -0.1) is 0 Å². The Bertz CT molecular complexity index is 3820. The normalized spacial score (nSPS) is 24.0. The van der Waals surface area contributed by atoms with Gasteiger partial charge in [0.2, 0.25) is 94.5 Å². The van der Waals surface area contributed by atoms with Gasteiger partial charge in [-0.3, -0.25) is 86.3 Å². The Labute approximate surface area is 829 Å². The van der Waals surface area contributed by atoms with E-state index in [-0.39, 0.29) is 190 Å². The van der Waals surface area contributed by atoms with Crippen molar-refractivity contribution in [3.8, 4) is 0 Å². The number of carbonyl (C=O) groups is 18. The molecule has 804 valence electrons. The van der Waals surface area contributed by atoms with Crippen molar-refractivity contribution >= 4 is 106 Å². The van der Waals surface area contributed by atoms with Gasteiger partial charge in [0.05, 0.1) is 50.3 Å². The Morgan fingerprint density at radius 3 is 0.864 bits per heavy atom. The molecule has 0 aromatic heterocycles. The first-order valence-electron chi connectivity index (χ1n) is 51.3. The zero-order valence-electron chi connectivity index (χ0n) is 86.8. The van der Waals surface area contributed by atoms with Crippen LogP contribution in [0.1, 0.15) is 310 Å². The lowest BCUT2D eigenvalue weighted by Crippen LogP contribution is -2.59. The SMILES string of the molecule is CCCCCCC[C@@H](O)CC(=O)N[C@H](CO)C(=O)N[C@H]1CCNC(=O)[C@H](CC(C)C)NC(=O)[C@H](CCC)NC(=O)[C@H](CCN)NC(=O)[C@H](CC(C)C)CC(=O)[C@@H](CC(C)C)NC(=O)[C@H](CCN)NC1=O.CCC[C@@H]1NC(=O)[C@H](CCN)NC(=O)[C@H](CC(C)C)CC(=O)[C@@H](CC(C)C)NC(=O)[C@H](CCN)NC(=O)[C@@H](NC(=O)[C@@H](CO)NC(=O)C[C@H](O)CCCCC(C)C)CCNC(=O)[C@H](CC(C)C)NC1=O. The highest BCUT2D eigenvalue weighted by atomic mass is 16.3. The van der Waals surface area contributed by atoms with Gasteiger partial charge in [0.25, 0.3) is 0 Å². The summed E-state index contributed by atoms with van der Waals surface area (Å²) < 4.78 is 0. The van der Waals surface area contributed by atoms with E-state index in [0.29, 0.717) is 44.4 Å². The van der Waals surface area contributed by atoms with Crippen molar-refractivity contribution in [1.29, 1.82) is 0 Å². The first-order valence-corrected chi connectivity index (χ1v) is 51.3. The van der Waals surface area contributed by atoms with E-state index < -0.39 is 228 Å². The third-order valence-electron chi connectivity index (χ3n) is 23.9. The summed E-state index contributed by atoms with van der Waals surface area (Å²) in [4.78, 5) is 249. The van der Waals surface area contributed by atoms with Crippen molar-refractivity contribution in [3.05, 3.63) is 0 Å². The smallest absolute Gasteiger partial charge is 0.245 e. The van der Waals surface area contributed by atoms with Crippen LogP contribution < -0.4 is 108 Å². The molecule has 18 atom stereocenters. The van der Waals surface area contributed by atoms with E-state index in [1.165, 1.54) is 0 Å². The van der Waals surface area contributed by atoms with E-state index in [4.69, 9.17) is 22.9 Å². The van der Waals surface area contributed by atoms with Crippen LogP contribution in [0.3, 0.4) is 0 Å². The van der Waals surface area contributed by atoms with Crippen LogP contribution in [0.15, 0.2) is 0 Å². The molecule has 0 aliphatic carbocycles. The van der Waals surface area contributed by atoms with Crippen LogP contribution in [0.2, 0.25) is 0 Å². The Morgan fingerprint density at radius 2 is 0.579 bits per heavy atom. The molecule has 0 saturated carbocycles. The van der Waals surface area contributed by atoms with Crippen LogP contribution in [0.5, 0.6) is 0 Å². The van der Waals surface area contributed by atoms with E-state index >= 15 is 0 Å². The summed E-state index contributed by atoms with van der Waals surface area (Å²) in [5.74, 6) is -14.7. The van der Waals surface area contributed by atoms with Gasteiger partial charge in [-0.2, -0.15) is 0 Å². The minimum Gasteiger partial charge on any atom is -0.394 e. The first-order chi connectivity index (χ1) is 66.0. The van der Waals surface area contributed by atoms with E-state index in [9.17, 15) is 107 Å². The molecule has 2 rings (SSSR count). The van der Waals surface area contributed by atoms with Crippen LogP contribution in [-0.4, -0.2) is 276 Å². The number of rotatable bonds is 47. The van der Waals surface area contributed by atoms with Crippen molar-refractivity contribution in [2.75, 3.05) is 52.5 Å². The molecular formula is C98H180N20O22. The van der Waals surface area contributed by atoms with Gasteiger partial charge in [0, 0.05) is 37.8 Å². The molecule has 42 heteroatoms. The van der Waals surface area contributed by atoms with Crippen LogP contribution in [-0.2, 0) is 86.3 Å². The fourth-order valence-corrected chi connectivity index (χ4v) is 16.4. The van der Waals surface area contributed by atoms with E-state index in [1.54, 1.807) is 0 Å². The molecule has 2 aliphatic heterocycles. The number of Topliss-reactive ketones (excluding diaryl/α,β-unsaturated/α-hetero) is 2. The Kier molecular flexibility index (Phi) is 65.3. The average molecular weight is 1990 g/mol. The van der Waals surface area contributed by atoms with Crippen LogP contribution in [0.25, 0.3) is 0 Å². The number of nitrogens with one attached hydrogen (secondary N) is 16. The number of nitrogens with two attached hydrogens (primary N) is 4. The predicted octanol–water partition coefficient (Wildman–Crippen LogP) is 0.286. The number of amides is 16. The van der Waals surface area contributed by atoms with Crippen molar-refractivity contribution in [2.45, 2.75) is 407 Å². The van der Waals surface area contributed by atoms with E-state index in [2.05, 4.69) is 106 Å². The summed E-state index contributed by atoms with van der Waals surface area (Å²) >= 11 is 0. The highest BCUT2D eigenvalue weighted by molar-refractivity contribution is 6.01. The molecule has 0 radical (unpaired) electrons. The molecule has 0 aromatic carbocycles. The number of aliphatic hydroxyl groups excluding tert-OH is 4. The zero-order valence-corrected chi connectivity index (χ0v) is 86.8. The fraction of sp³-hybridized carbons (Fsp3) is 0.816. The molecule has 28 N–H and O–H groups in total. The molecule has 2 fully saturated rings. The summed E-state index contributed by atoms with van der Waals surface area (Å²) in [7, 11) is 0. The molecule has 42 nitrogen and oxygen atoms in total. The van der Waals surface area contributed by atoms with Gasteiger partial charge in [-0.05, 0) is 170 Å². The number of ketones is 2. The lowest BCUT2D eigenvalue weighted by atomic mass is 9.87. The van der Waals surface area contributed by atoms with E-state index in [0.717, 1.165) is 38.5 Å². The Hall–Kier alpha value is -9.46. The molecular weight excluding hydrogens is 1810 g/mol. The topological polar surface area (TPSA) is 685 Å². The van der Waals surface area contributed by atoms with Crippen molar-refractivity contribution < 1.29 is 107 Å². The molecule has 0 aromatic rings. The second-order valence-electron chi connectivity index (χ2n) is 40.5. The minimum absolute atomic E-state index is 0.00338. The maximum absolute atomic E-state index is 14.2. The standard InChI is InChI=1S/2C49H90N10O11/c1-10-13-34-45(66)59-39(24-31(8)9)44(65)52-21-18-37(57-49(70)40(27-60)53-42(63)26-33(61)15-12-11-14-28(2)3)48(69)56-36(17-20-51)47(68)58-38(23-30(6)7)41(62)25-32(22-29(4)5)43(64)54-35(16-19-50)46(67)55-34;1-9-11-12-13-14-16-33(61)27-42(63)53-40(28-60)49(70)57-37-19-22-52-44(65)39(25-31(7)8)59-45(66)34(15-10-2)55-46(67)35(17-20-50)54-43(64)32(23-29(3)4)26-41(62)38(24-30(5)6)58-47(68)36(18-21-51)56-48(37)69/h28-40,60-61H,10-27,50-51H2,1-9H3,(H,52,65)(H,53,63)(H,54,64)(H,55,67)(H,56,69)(H,57,70)(H,58,68)(H,59,66);29-40,60-61H,9-28,50-51H2,1-8H3,(H,52,65)(H,53,63)(H,54,64)(H,55,67)(H,56,69)(H,57,70)(H,58,68)(H,59,66)/t2*32-,33-,34+,35+,36+,37+,38-,39+,40-/m11/s1. The summed E-state index contributed by atoms with van der Waals surface area (Å²) in [6.07, 6.45) is 6.43. The van der Waals surface area contributed by atoms with Gasteiger partial charge in [0.1, 0.15) is 72.5 Å². The van der Waals surface area contributed by atoms with Gasteiger partial charge >= 0.3 is 0 Å². The monoisotopic (exact) mass is 1990 g/mol. The summed E-state index contributed by atoms with van der Waals surface area (Å²) in [5, 5.41) is 83.8. The van der Waals surface area contributed by atoms with Gasteiger partial charge in [-0.25, -0.2) is 0 Å². The number of carbonyl (C=O) groups excluding carboxylic acids is 18. The van der Waals surface area contributed by atoms with Gasteiger partial charge in [0.15, 0.2) is 11.6 Å². The van der Waals surface area contributed by atoms with E-state index in [1.807, 2.05) is 96.9 Å². The second-order valence-corrected chi connectivity index (χ2v) is 40.5. The molecule has 2 saturated heterocycles. The lowest BCUT2D eigenvalue weighted by molar-refractivity contribution is -0.136. The van der Waals surface area contributed by atoms with Crippen LogP contribution in [0.4, 0.5) is 0 Å². The molecule has 16 amide bonds. The molecule has 140 heavy (non-hydrogen) atoms. The third-order valence-corrected chi connectivity index (χ3v) is 23.9. The molecule has 0 bridgehead atoms. The van der Waals surface area contributed by atoms with Gasteiger partial charge in [-0.1, -0.05) is 182 Å². The average Bonchev–Trinajstić information content (AvgIpc) is 1.27. The van der Waals surface area contributed by atoms with Crippen molar-refractivity contribution in [1.82, 2.24) is 85.1 Å². The highest BCUT2D eigenvalue weighted by Crippen LogP contribution is 2.24. The highest BCUT2D eigenvalue weighted by Gasteiger charge is 2.41. The van der Waals surface area contributed by atoms with Crippen LogP contribution in [0, 0.1) is 53.3 Å². The molecule has 2 heterocycles. The maximum Gasteiger partial charge on any atom is 0.245 e. The zero-order chi connectivity index (χ0) is 106. The van der Waals surface area contributed by atoms with Crippen molar-refractivity contribution in [3.63, 3.8) is 0 Å². The van der Waals surface area contributed by atoms with Crippen molar-refractivity contribution in [2.24, 2.45) is 76.2 Å². The molecule has 0 unspecified atom stereocenters. The number of unbranched alkanes of at least 4 members (excludes halogenated alkanes) is 5. The summed E-state index contributed by atoms with van der Waals surface area (Å²) in [6, 6.07) is -17.8. The van der Waals surface area contributed by atoms with Gasteiger partial charge < -0.3 is 128 Å². The quantitative estimate of drug-likeness (QED) is 0.0364. The first kappa shape index (κ1) is 129. The number of hydrogen-bond donors (Lipinski definition) is 24. The maximum atomic E-state index is 14.2. The minimum atomic E-state index is -1.55. The Morgan fingerprint density at radius 1 is 0.314 bits per heavy atom. The summed E-state index contributed by atoms with van der Waals surface area (Å²) in [6.45, 7) is 29.7. The largest absolute Gasteiger partial charge is 0.394 e. The lowest BCUT2D eigenvalue weighted by Gasteiger charge is -2.28. The number of hydrogen-bond acceptors (Lipinski definition) is 26. The molecule has 2 aliphatic rings.